The summed E-state index contributed by atoms with van der Waals surface area (Å²) in [5, 5.41) is 9.82. The van der Waals surface area contributed by atoms with E-state index in [-0.39, 0.29) is 0 Å². The quantitative estimate of drug-likeness (QED) is 0.855. The van der Waals surface area contributed by atoms with E-state index in [0.29, 0.717) is 27.9 Å². The summed E-state index contributed by atoms with van der Waals surface area (Å²) in [4.78, 5) is 4.51. The third-order valence-corrected chi connectivity index (χ3v) is 3.80. The van der Waals surface area contributed by atoms with E-state index in [1.807, 2.05) is 6.07 Å². The lowest BCUT2D eigenvalue weighted by Gasteiger charge is -2.17. The Hall–Kier alpha value is -2.25. The first-order valence-electron chi connectivity index (χ1n) is 6.83. The van der Waals surface area contributed by atoms with Gasteiger partial charge in [0, 0.05) is 16.8 Å². The van der Waals surface area contributed by atoms with Crippen molar-refractivity contribution in [1.82, 2.24) is 4.98 Å². The summed E-state index contributed by atoms with van der Waals surface area (Å²) < 4.78 is 5.74. The number of benzene rings is 1. The Kier molecular flexibility index (Phi) is 3.68. The van der Waals surface area contributed by atoms with Crippen LogP contribution >= 0.6 is 11.6 Å². The Balaban J connectivity index is 2.02. The van der Waals surface area contributed by atoms with E-state index in [4.69, 9.17) is 22.1 Å². The molecule has 1 aliphatic rings. The maximum absolute atomic E-state index is 9.29. The molecule has 0 bridgehead atoms. The molecular weight excluding hydrogens is 286 g/mol. The van der Waals surface area contributed by atoms with Crippen LogP contribution in [0.4, 0.5) is 5.69 Å². The van der Waals surface area contributed by atoms with Crippen molar-refractivity contribution in [3.8, 4) is 17.7 Å². The zero-order chi connectivity index (χ0) is 14.8. The molecule has 1 aromatic carbocycles. The van der Waals surface area contributed by atoms with E-state index in [0.717, 1.165) is 36.9 Å². The summed E-state index contributed by atoms with van der Waals surface area (Å²) in [6.45, 7) is 0. The lowest BCUT2D eigenvalue weighted by molar-refractivity contribution is 0.458. The number of anilines is 1. The molecule has 1 aliphatic carbocycles. The lowest BCUT2D eigenvalue weighted by Crippen LogP contribution is -2.07. The normalized spacial score (nSPS) is 13.3. The maximum Gasteiger partial charge on any atom is 0.237 e. The summed E-state index contributed by atoms with van der Waals surface area (Å²) >= 11 is 5.95. The number of fused-ring (bicyclic) bond motifs is 1. The second kappa shape index (κ2) is 5.63. The zero-order valence-corrected chi connectivity index (χ0v) is 12.2. The van der Waals surface area contributed by atoms with Crippen molar-refractivity contribution in [1.29, 1.82) is 5.26 Å². The standard InChI is InChI=1S/C16H14ClN3O/c17-12-5-6-13(19)15(8-12)21-16-11(9-18)7-10-3-1-2-4-14(10)20-16/h5-8H,1-4,19H2. The number of ether oxygens (including phenoxy) is 1. The van der Waals surface area contributed by atoms with Crippen molar-refractivity contribution < 1.29 is 4.74 Å². The molecule has 21 heavy (non-hydrogen) atoms. The molecule has 0 aliphatic heterocycles. The Labute approximate surface area is 128 Å². The van der Waals surface area contributed by atoms with E-state index < -0.39 is 0 Å². The molecule has 5 heteroatoms. The predicted molar refractivity (Wildman–Crippen MR) is 81.5 cm³/mol. The van der Waals surface area contributed by atoms with Crippen molar-refractivity contribution in [3.05, 3.63) is 46.1 Å². The summed E-state index contributed by atoms with van der Waals surface area (Å²) in [6.07, 6.45) is 4.14. The number of hydrogen-bond donors (Lipinski definition) is 1. The third-order valence-electron chi connectivity index (χ3n) is 3.57. The zero-order valence-electron chi connectivity index (χ0n) is 11.4. The average molecular weight is 300 g/mol. The summed E-state index contributed by atoms with van der Waals surface area (Å²) in [7, 11) is 0. The number of rotatable bonds is 2. The molecule has 0 unspecified atom stereocenters. The van der Waals surface area contributed by atoms with E-state index in [9.17, 15) is 5.26 Å². The van der Waals surface area contributed by atoms with Gasteiger partial charge in [-0.25, -0.2) is 4.98 Å². The van der Waals surface area contributed by atoms with Crippen LogP contribution in [0.25, 0.3) is 0 Å². The molecule has 0 atom stereocenters. The monoisotopic (exact) mass is 299 g/mol. The minimum Gasteiger partial charge on any atom is -0.435 e. The van der Waals surface area contributed by atoms with Gasteiger partial charge in [0.15, 0.2) is 5.75 Å². The molecule has 2 aromatic rings. The highest BCUT2D eigenvalue weighted by Gasteiger charge is 2.17. The van der Waals surface area contributed by atoms with Gasteiger partial charge in [-0.05, 0) is 49.4 Å². The molecule has 2 N–H and O–H groups in total. The SMILES string of the molecule is N#Cc1cc2c(nc1Oc1cc(Cl)ccc1N)CCCC2. The highest BCUT2D eigenvalue weighted by atomic mass is 35.5. The number of nitrogens with two attached hydrogens (primary N) is 1. The first kappa shape index (κ1) is 13.7. The third kappa shape index (κ3) is 2.79. The van der Waals surface area contributed by atoms with Crippen LogP contribution in [0.5, 0.6) is 11.6 Å². The first-order chi connectivity index (χ1) is 10.2. The highest BCUT2D eigenvalue weighted by Crippen LogP contribution is 2.32. The van der Waals surface area contributed by atoms with Crippen molar-refractivity contribution in [2.45, 2.75) is 25.7 Å². The first-order valence-corrected chi connectivity index (χ1v) is 7.21. The van der Waals surface area contributed by atoms with Crippen LogP contribution in [0.3, 0.4) is 0 Å². The second-order valence-electron chi connectivity index (χ2n) is 5.05. The van der Waals surface area contributed by atoms with Gasteiger partial charge in [-0.3, -0.25) is 0 Å². The fraction of sp³-hybridized carbons (Fsp3) is 0.250. The molecule has 0 radical (unpaired) electrons. The summed E-state index contributed by atoms with van der Waals surface area (Å²) in [6, 6.07) is 8.99. The van der Waals surface area contributed by atoms with Gasteiger partial charge >= 0.3 is 0 Å². The molecule has 4 nitrogen and oxygen atoms in total. The van der Waals surface area contributed by atoms with Gasteiger partial charge in [0.25, 0.3) is 0 Å². The maximum atomic E-state index is 9.29. The molecule has 1 aromatic heterocycles. The Morgan fingerprint density at radius 1 is 1.24 bits per heavy atom. The number of nitrogens with zero attached hydrogens (tertiary/aromatic N) is 2. The molecule has 106 valence electrons. The van der Waals surface area contributed by atoms with E-state index in [1.54, 1.807) is 18.2 Å². The number of hydrogen-bond acceptors (Lipinski definition) is 4. The topological polar surface area (TPSA) is 71.9 Å². The van der Waals surface area contributed by atoms with E-state index >= 15 is 0 Å². The van der Waals surface area contributed by atoms with Crippen molar-refractivity contribution >= 4 is 17.3 Å². The van der Waals surface area contributed by atoms with Gasteiger partial charge in [-0.1, -0.05) is 11.6 Å². The van der Waals surface area contributed by atoms with E-state index in [1.165, 1.54) is 0 Å². The minimum atomic E-state index is 0.298. The predicted octanol–water partition coefficient (Wildman–Crippen LogP) is 3.86. The van der Waals surface area contributed by atoms with Gasteiger partial charge in [0.05, 0.1) is 5.69 Å². The van der Waals surface area contributed by atoms with Gasteiger partial charge < -0.3 is 10.5 Å². The largest absolute Gasteiger partial charge is 0.435 e. The molecule has 0 saturated heterocycles. The molecule has 0 fully saturated rings. The van der Waals surface area contributed by atoms with Crippen LogP contribution in [0.15, 0.2) is 24.3 Å². The van der Waals surface area contributed by atoms with Gasteiger partial charge in [-0.15, -0.1) is 0 Å². The Bertz CT molecular complexity index is 737. The minimum absolute atomic E-state index is 0.298. The van der Waals surface area contributed by atoms with Gasteiger partial charge in [0.2, 0.25) is 5.88 Å². The number of aromatic nitrogens is 1. The van der Waals surface area contributed by atoms with Crippen molar-refractivity contribution in [2.75, 3.05) is 5.73 Å². The highest BCUT2D eigenvalue weighted by molar-refractivity contribution is 6.30. The van der Waals surface area contributed by atoms with Crippen molar-refractivity contribution in [2.24, 2.45) is 0 Å². The van der Waals surface area contributed by atoms with Crippen LogP contribution in [-0.4, -0.2) is 4.98 Å². The Morgan fingerprint density at radius 2 is 2.05 bits per heavy atom. The molecule has 3 rings (SSSR count). The van der Waals surface area contributed by atoms with Crippen LogP contribution < -0.4 is 10.5 Å². The number of nitrogen functional groups attached to an aromatic ring is 1. The molecule has 0 amide bonds. The van der Waals surface area contributed by atoms with Gasteiger partial charge in [-0.2, -0.15) is 5.26 Å². The van der Waals surface area contributed by atoms with Crippen molar-refractivity contribution in [3.63, 3.8) is 0 Å². The number of halogens is 1. The van der Waals surface area contributed by atoms with E-state index in [2.05, 4.69) is 11.1 Å². The van der Waals surface area contributed by atoms with Crippen LogP contribution in [-0.2, 0) is 12.8 Å². The smallest absolute Gasteiger partial charge is 0.237 e. The fourth-order valence-corrected chi connectivity index (χ4v) is 2.64. The molecular formula is C16H14ClN3O. The fourth-order valence-electron chi connectivity index (χ4n) is 2.47. The van der Waals surface area contributed by atoms with Crippen LogP contribution in [0, 0.1) is 11.3 Å². The Morgan fingerprint density at radius 3 is 2.86 bits per heavy atom. The second-order valence-corrected chi connectivity index (χ2v) is 5.49. The summed E-state index contributed by atoms with van der Waals surface area (Å²) in [5.74, 6) is 0.717. The number of nitriles is 1. The average Bonchev–Trinajstić information content (AvgIpc) is 2.50. The summed E-state index contributed by atoms with van der Waals surface area (Å²) in [5.41, 5.74) is 8.91. The van der Waals surface area contributed by atoms with Gasteiger partial charge in [0.1, 0.15) is 11.6 Å². The molecule has 0 spiro atoms. The van der Waals surface area contributed by atoms with Crippen LogP contribution in [0.2, 0.25) is 5.02 Å². The molecule has 0 saturated carbocycles. The molecule has 1 heterocycles. The van der Waals surface area contributed by atoms with Crippen LogP contribution in [0.1, 0.15) is 29.7 Å². The number of pyridine rings is 1. The number of aryl methyl sites for hydroxylation is 2. The lowest BCUT2D eigenvalue weighted by atomic mass is 9.95.